The van der Waals surface area contributed by atoms with Gasteiger partial charge in [0, 0.05) is 11.3 Å². The van der Waals surface area contributed by atoms with Crippen LogP contribution in [0.2, 0.25) is 0 Å². The van der Waals surface area contributed by atoms with Crippen molar-refractivity contribution >= 4 is 17.6 Å². The summed E-state index contributed by atoms with van der Waals surface area (Å²) in [5.74, 6) is -0.895. The molecule has 0 radical (unpaired) electrons. The second kappa shape index (κ2) is 11.7. The quantitative estimate of drug-likeness (QED) is 0.320. The Bertz CT molecular complexity index is 675. The summed E-state index contributed by atoms with van der Waals surface area (Å²) >= 11 is 6.49. The molecule has 5 nitrogen and oxygen atoms in total. The van der Waals surface area contributed by atoms with Crippen molar-refractivity contribution in [3.63, 3.8) is 0 Å². The van der Waals surface area contributed by atoms with Crippen molar-refractivity contribution in [1.29, 1.82) is 0 Å². The summed E-state index contributed by atoms with van der Waals surface area (Å²) in [5.41, 5.74) is 1.27. The van der Waals surface area contributed by atoms with Crippen LogP contribution in [-0.4, -0.2) is 50.1 Å². The van der Waals surface area contributed by atoms with Crippen LogP contribution in [0.4, 0.5) is 0 Å². The van der Waals surface area contributed by atoms with Crippen LogP contribution in [0.5, 0.6) is 0 Å². The number of carboxylic acids is 1. The van der Waals surface area contributed by atoms with Gasteiger partial charge in [-0.05, 0) is 75.5 Å². The summed E-state index contributed by atoms with van der Waals surface area (Å²) in [4.78, 5) is 11.1. The lowest BCUT2D eigenvalue weighted by Crippen LogP contribution is -2.19. The van der Waals surface area contributed by atoms with Crippen LogP contribution in [0.15, 0.2) is 36.4 Å². The number of carboxylic acid groups (broad SMARTS) is 1. The first kappa shape index (κ1) is 23.9. The summed E-state index contributed by atoms with van der Waals surface area (Å²) < 4.78 is 0. The van der Waals surface area contributed by atoms with Crippen molar-refractivity contribution in [2.24, 2.45) is 11.8 Å². The maximum Gasteiger partial charge on any atom is 0.335 e. The average Bonchev–Trinajstić information content (AvgIpc) is 2.93. The van der Waals surface area contributed by atoms with Crippen molar-refractivity contribution in [3.05, 3.63) is 47.5 Å². The number of halogens is 1. The van der Waals surface area contributed by atoms with E-state index >= 15 is 0 Å². The minimum Gasteiger partial charge on any atom is -0.478 e. The third-order valence-electron chi connectivity index (χ3n) is 5.72. The SMILES string of the molecule is C[C@@H](O)CCC[C@H](O)C=C[C@@H]1[C@@H](CCCc2cccc(C(=O)O)c2)[C@H](Cl)C[C@H]1O. The Kier molecular flexibility index (Phi) is 9.63. The van der Waals surface area contributed by atoms with E-state index in [1.54, 1.807) is 31.2 Å². The fourth-order valence-corrected chi connectivity index (χ4v) is 4.59. The van der Waals surface area contributed by atoms with Gasteiger partial charge in [-0.25, -0.2) is 4.79 Å². The van der Waals surface area contributed by atoms with Crippen molar-refractivity contribution in [2.75, 3.05) is 0 Å². The molecule has 0 unspecified atom stereocenters. The Morgan fingerprint density at radius 3 is 2.72 bits per heavy atom. The minimum absolute atomic E-state index is 0.0886. The zero-order chi connectivity index (χ0) is 21.4. The van der Waals surface area contributed by atoms with E-state index in [1.807, 2.05) is 12.1 Å². The lowest BCUT2D eigenvalue weighted by Gasteiger charge is -2.21. The lowest BCUT2D eigenvalue weighted by molar-refractivity contribution is 0.0696. The summed E-state index contributed by atoms with van der Waals surface area (Å²) in [6.07, 6.45) is 7.14. The molecule has 0 aliphatic heterocycles. The van der Waals surface area contributed by atoms with Gasteiger partial charge in [0.1, 0.15) is 0 Å². The van der Waals surface area contributed by atoms with Gasteiger partial charge in [-0.2, -0.15) is 0 Å². The molecule has 1 aliphatic rings. The number of hydrogen-bond donors (Lipinski definition) is 4. The number of rotatable bonds is 11. The molecule has 162 valence electrons. The second-order valence-electron chi connectivity index (χ2n) is 8.19. The van der Waals surface area contributed by atoms with Crippen LogP contribution < -0.4 is 0 Å². The average molecular weight is 425 g/mol. The molecule has 4 N–H and O–H groups in total. The van der Waals surface area contributed by atoms with Crippen molar-refractivity contribution in [1.82, 2.24) is 0 Å². The van der Waals surface area contributed by atoms with Crippen LogP contribution in [0, 0.1) is 11.8 Å². The fraction of sp³-hybridized carbons (Fsp3) is 0.609. The van der Waals surface area contributed by atoms with Gasteiger partial charge >= 0.3 is 5.97 Å². The maximum atomic E-state index is 11.1. The number of hydrogen-bond acceptors (Lipinski definition) is 4. The van der Waals surface area contributed by atoms with Crippen LogP contribution >= 0.6 is 11.6 Å². The topological polar surface area (TPSA) is 98.0 Å². The van der Waals surface area contributed by atoms with E-state index in [0.29, 0.717) is 24.8 Å². The highest BCUT2D eigenvalue weighted by Gasteiger charge is 2.39. The van der Waals surface area contributed by atoms with Crippen molar-refractivity contribution < 1.29 is 25.2 Å². The van der Waals surface area contributed by atoms with E-state index in [2.05, 4.69) is 0 Å². The van der Waals surface area contributed by atoms with Crippen LogP contribution in [0.25, 0.3) is 0 Å². The zero-order valence-corrected chi connectivity index (χ0v) is 17.7. The highest BCUT2D eigenvalue weighted by atomic mass is 35.5. The highest BCUT2D eigenvalue weighted by Crippen LogP contribution is 2.40. The highest BCUT2D eigenvalue weighted by molar-refractivity contribution is 6.21. The van der Waals surface area contributed by atoms with Gasteiger partial charge in [-0.1, -0.05) is 24.3 Å². The van der Waals surface area contributed by atoms with Gasteiger partial charge in [0.2, 0.25) is 0 Å². The molecule has 1 saturated carbocycles. The van der Waals surface area contributed by atoms with Gasteiger partial charge in [0.15, 0.2) is 0 Å². The van der Waals surface area contributed by atoms with E-state index in [4.69, 9.17) is 16.7 Å². The monoisotopic (exact) mass is 424 g/mol. The molecular weight excluding hydrogens is 392 g/mol. The van der Waals surface area contributed by atoms with Crippen LogP contribution in [0.3, 0.4) is 0 Å². The van der Waals surface area contributed by atoms with Crippen molar-refractivity contribution in [2.45, 2.75) is 75.6 Å². The molecule has 1 aromatic rings. The largest absolute Gasteiger partial charge is 0.478 e. The summed E-state index contributed by atoms with van der Waals surface area (Å²) in [6, 6.07) is 6.97. The van der Waals surface area contributed by atoms with Gasteiger partial charge in [-0.15, -0.1) is 11.6 Å². The molecule has 2 rings (SSSR count). The van der Waals surface area contributed by atoms with E-state index in [-0.39, 0.29) is 23.3 Å². The number of aliphatic hydroxyl groups excluding tert-OH is 3. The van der Waals surface area contributed by atoms with Gasteiger partial charge in [-0.3, -0.25) is 0 Å². The van der Waals surface area contributed by atoms with Gasteiger partial charge < -0.3 is 20.4 Å². The molecule has 0 amide bonds. The number of aliphatic hydroxyl groups is 3. The Labute approximate surface area is 178 Å². The zero-order valence-electron chi connectivity index (χ0n) is 17.0. The molecule has 6 atom stereocenters. The Hall–Kier alpha value is -1.40. The van der Waals surface area contributed by atoms with Crippen LogP contribution in [-0.2, 0) is 6.42 Å². The molecule has 29 heavy (non-hydrogen) atoms. The minimum atomic E-state index is -0.927. The fourth-order valence-electron chi connectivity index (χ4n) is 4.11. The maximum absolute atomic E-state index is 11.1. The molecule has 1 aliphatic carbocycles. The molecule has 0 bridgehead atoms. The Morgan fingerprint density at radius 2 is 2.03 bits per heavy atom. The van der Waals surface area contributed by atoms with Gasteiger partial charge in [0.25, 0.3) is 0 Å². The third-order valence-corrected chi connectivity index (χ3v) is 6.23. The normalized spacial score (nSPS) is 26.7. The number of alkyl halides is 1. The molecule has 1 fully saturated rings. The molecule has 0 saturated heterocycles. The molecule has 0 heterocycles. The number of carbonyl (C=O) groups is 1. The predicted octanol–water partition coefficient (Wildman–Crippen LogP) is 3.78. The summed E-state index contributed by atoms with van der Waals surface area (Å²) in [6.45, 7) is 1.74. The van der Waals surface area contributed by atoms with Gasteiger partial charge in [0.05, 0.1) is 23.9 Å². The van der Waals surface area contributed by atoms with E-state index in [0.717, 1.165) is 31.2 Å². The first-order chi connectivity index (χ1) is 13.8. The Balaban J connectivity index is 1.88. The number of aromatic carboxylic acids is 1. The predicted molar refractivity (Wildman–Crippen MR) is 114 cm³/mol. The molecular formula is C23H33ClO5. The third kappa shape index (κ3) is 7.74. The Morgan fingerprint density at radius 1 is 1.28 bits per heavy atom. The number of benzene rings is 1. The van der Waals surface area contributed by atoms with E-state index in [9.17, 15) is 20.1 Å². The standard InChI is InChI=1S/C23H33ClO5/c1-15(25)5-2-9-18(26)11-12-20-19(21(24)14-22(20)27)10-4-7-16-6-3-8-17(13-16)23(28)29/h3,6,8,11-13,15,18-22,25-27H,2,4-5,7,9-10,14H2,1H3,(H,28,29)/t15-,18+,19-,20-,21-,22-/m1/s1. The number of aryl methyl sites for hydroxylation is 1. The lowest BCUT2D eigenvalue weighted by atomic mass is 9.88. The first-order valence-corrected chi connectivity index (χ1v) is 10.9. The first-order valence-electron chi connectivity index (χ1n) is 10.5. The molecule has 6 heteroatoms. The summed E-state index contributed by atoms with van der Waals surface area (Å²) in [7, 11) is 0. The molecule has 0 aromatic heterocycles. The van der Waals surface area contributed by atoms with E-state index < -0.39 is 18.2 Å². The van der Waals surface area contributed by atoms with Crippen molar-refractivity contribution in [3.8, 4) is 0 Å². The summed E-state index contributed by atoms with van der Waals surface area (Å²) in [5, 5.41) is 38.8. The van der Waals surface area contributed by atoms with E-state index in [1.165, 1.54) is 0 Å². The second-order valence-corrected chi connectivity index (χ2v) is 8.75. The van der Waals surface area contributed by atoms with Crippen LogP contribution in [0.1, 0.15) is 61.4 Å². The molecule has 1 aromatic carbocycles. The smallest absolute Gasteiger partial charge is 0.335 e. The molecule has 0 spiro atoms.